The number of para-hydroxylation sites is 2. The quantitative estimate of drug-likeness (QED) is 0.929. The Kier molecular flexibility index (Phi) is 3.92. The number of nitrogens with zero attached hydrogens (tertiary/aromatic N) is 2. The van der Waals surface area contributed by atoms with E-state index < -0.39 is 0 Å². The van der Waals surface area contributed by atoms with Crippen molar-refractivity contribution in [2.75, 3.05) is 18.5 Å². The molecule has 4 nitrogen and oxygen atoms in total. The van der Waals surface area contributed by atoms with Crippen LogP contribution in [0, 0.1) is 0 Å². The monoisotopic (exact) mass is 273 g/mol. The summed E-state index contributed by atoms with van der Waals surface area (Å²) in [4.78, 5) is 6.80. The highest BCUT2D eigenvalue weighted by Crippen LogP contribution is 2.28. The molecule has 1 saturated carbocycles. The van der Waals surface area contributed by atoms with Crippen molar-refractivity contribution in [3.8, 4) is 0 Å². The lowest BCUT2D eigenvalue weighted by Gasteiger charge is -2.34. The molecule has 0 aliphatic heterocycles. The zero-order valence-corrected chi connectivity index (χ0v) is 12.3. The maximum Gasteiger partial charge on any atom is 0.298 e. The topological polar surface area (TPSA) is 41.3 Å². The molecule has 1 heterocycles. The van der Waals surface area contributed by atoms with E-state index in [-0.39, 0.29) is 0 Å². The van der Waals surface area contributed by atoms with E-state index in [1.807, 2.05) is 24.3 Å². The van der Waals surface area contributed by atoms with E-state index >= 15 is 0 Å². The van der Waals surface area contributed by atoms with Gasteiger partial charge in [-0.15, -0.1) is 0 Å². The summed E-state index contributed by atoms with van der Waals surface area (Å²) in [6, 6.07) is 9.93. The Balaban J connectivity index is 1.68. The van der Waals surface area contributed by atoms with E-state index in [0.29, 0.717) is 12.1 Å². The highest BCUT2D eigenvalue weighted by Gasteiger charge is 2.25. The second-order valence-corrected chi connectivity index (χ2v) is 5.64. The van der Waals surface area contributed by atoms with Gasteiger partial charge >= 0.3 is 0 Å². The molecular formula is C16H23N3O. The van der Waals surface area contributed by atoms with Crippen LogP contribution in [0.25, 0.3) is 11.1 Å². The van der Waals surface area contributed by atoms with Gasteiger partial charge in [0.15, 0.2) is 5.58 Å². The zero-order chi connectivity index (χ0) is 13.9. The summed E-state index contributed by atoms with van der Waals surface area (Å²) in [7, 11) is 2.10. The zero-order valence-electron chi connectivity index (χ0n) is 12.3. The summed E-state index contributed by atoms with van der Waals surface area (Å²) in [5.74, 6) is 0. The molecule has 4 heteroatoms. The first-order valence-electron chi connectivity index (χ1n) is 7.59. The number of fused-ring (bicyclic) bond motifs is 1. The van der Waals surface area contributed by atoms with Crippen molar-refractivity contribution in [2.45, 2.75) is 44.7 Å². The van der Waals surface area contributed by atoms with Gasteiger partial charge in [0.1, 0.15) is 5.52 Å². The van der Waals surface area contributed by atoms with Crippen LogP contribution in [0.5, 0.6) is 0 Å². The number of rotatable bonds is 4. The van der Waals surface area contributed by atoms with Crippen LogP contribution < -0.4 is 10.2 Å². The first-order valence-corrected chi connectivity index (χ1v) is 7.59. The summed E-state index contributed by atoms with van der Waals surface area (Å²) in [6.07, 6.45) is 4.88. The van der Waals surface area contributed by atoms with Crippen molar-refractivity contribution in [2.24, 2.45) is 0 Å². The second kappa shape index (κ2) is 5.83. The molecule has 0 bridgehead atoms. The van der Waals surface area contributed by atoms with Crippen LogP contribution in [0.1, 0.15) is 32.6 Å². The molecule has 1 aromatic carbocycles. The maximum atomic E-state index is 5.86. The fourth-order valence-electron chi connectivity index (χ4n) is 3.12. The molecule has 0 amide bonds. The van der Waals surface area contributed by atoms with Crippen LogP contribution in [0.4, 0.5) is 6.01 Å². The molecule has 20 heavy (non-hydrogen) atoms. The molecule has 0 saturated heterocycles. The Morgan fingerprint density at radius 2 is 2.00 bits per heavy atom. The molecule has 0 atom stereocenters. The smallest absolute Gasteiger partial charge is 0.298 e. The standard InChI is InChI=1S/C16H23N3O/c1-3-17-12-8-10-13(11-9-12)19(2)16-18-14-6-4-5-7-15(14)20-16/h4-7,12-13,17H,3,8-11H2,1-2H3. The van der Waals surface area contributed by atoms with E-state index in [0.717, 1.165) is 23.7 Å². The Labute approximate surface area is 120 Å². The van der Waals surface area contributed by atoms with E-state index in [2.05, 4.69) is 29.2 Å². The molecule has 2 aromatic rings. The van der Waals surface area contributed by atoms with Gasteiger partial charge in [-0.25, -0.2) is 0 Å². The fraction of sp³-hybridized carbons (Fsp3) is 0.562. The van der Waals surface area contributed by atoms with E-state index in [1.165, 1.54) is 25.7 Å². The first-order chi connectivity index (χ1) is 9.78. The predicted octanol–water partition coefficient (Wildman–Crippen LogP) is 3.18. The lowest BCUT2D eigenvalue weighted by Crippen LogP contribution is -2.41. The molecule has 108 valence electrons. The minimum atomic E-state index is 0.540. The minimum absolute atomic E-state index is 0.540. The number of anilines is 1. The van der Waals surface area contributed by atoms with Crippen molar-refractivity contribution in [3.05, 3.63) is 24.3 Å². The molecule has 1 aliphatic carbocycles. The second-order valence-electron chi connectivity index (χ2n) is 5.64. The molecule has 1 aromatic heterocycles. The molecule has 1 aliphatic rings. The summed E-state index contributed by atoms with van der Waals surface area (Å²) in [6.45, 7) is 3.24. The van der Waals surface area contributed by atoms with Crippen molar-refractivity contribution >= 4 is 17.1 Å². The van der Waals surface area contributed by atoms with Crippen LogP contribution >= 0.6 is 0 Å². The van der Waals surface area contributed by atoms with Crippen molar-refractivity contribution < 1.29 is 4.42 Å². The van der Waals surface area contributed by atoms with Crippen molar-refractivity contribution in [1.82, 2.24) is 10.3 Å². The third-order valence-corrected chi connectivity index (χ3v) is 4.32. The normalized spacial score (nSPS) is 23.1. The maximum absolute atomic E-state index is 5.86. The molecule has 1 fully saturated rings. The van der Waals surface area contributed by atoms with Crippen molar-refractivity contribution in [1.29, 1.82) is 0 Å². The van der Waals surface area contributed by atoms with Crippen LogP contribution in [-0.4, -0.2) is 30.7 Å². The summed E-state index contributed by atoms with van der Waals surface area (Å²) in [5, 5.41) is 3.55. The highest BCUT2D eigenvalue weighted by atomic mass is 16.4. The predicted molar refractivity (Wildman–Crippen MR) is 82.1 cm³/mol. The Morgan fingerprint density at radius 1 is 1.25 bits per heavy atom. The summed E-state index contributed by atoms with van der Waals surface area (Å²) >= 11 is 0. The van der Waals surface area contributed by atoms with Crippen LogP contribution in [0.15, 0.2) is 28.7 Å². The van der Waals surface area contributed by atoms with Gasteiger partial charge < -0.3 is 14.6 Å². The Bertz CT molecular complexity index is 525. The van der Waals surface area contributed by atoms with Crippen LogP contribution in [0.3, 0.4) is 0 Å². The molecular weight excluding hydrogens is 250 g/mol. The Hall–Kier alpha value is -1.55. The van der Waals surface area contributed by atoms with Crippen LogP contribution in [-0.2, 0) is 0 Å². The average molecular weight is 273 g/mol. The van der Waals surface area contributed by atoms with Gasteiger partial charge in [0.05, 0.1) is 0 Å². The van der Waals surface area contributed by atoms with Gasteiger partial charge in [-0.2, -0.15) is 4.98 Å². The number of nitrogens with one attached hydrogen (secondary N) is 1. The number of benzene rings is 1. The van der Waals surface area contributed by atoms with Gasteiger partial charge in [-0.05, 0) is 44.4 Å². The molecule has 0 spiro atoms. The number of hydrogen-bond acceptors (Lipinski definition) is 4. The number of oxazole rings is 1. The Morgan fingerprint density at radius 3 is 2.70 bits per heavy atom. The summed E-state index contributed by atoms with van der Waals surface area (Å²) < 4.78 is 5.86. The highest BCUT2D eigenvalue weighted by molar-refractivity contribution is 5.74. The SMILES string of the molecule is CCNC1CCC(N(C)c2nc3ccccc3o2)CC1. The minimum Gasteiger partial charge on any atom is -0.423 e. The molecule has 0 radical (unpaired) electrons. The largest absolute Gasteiger partial charge is 0.423 e. The average Bonchev–Trinajstić information content (AvgIpc) is 2.91. The van der Waals surface area contributed by atoms with Gasteiger partial charge in [0.25, 0.3) is 6.01 Å². The molecule has 1 N–H and O–H groups in total. The molecule has 3 rings (SSSR count). The lowest BCUT2D eigenvalue weighted by molar-refractivity contribution is 0.334. The fourth-order valence-corrected chi connectivity index (χ4v) is 3.12. The van der Waals surface area contributed by atoms with Crippen LogP contribution in [0.2, 0.25) is 0 Å². The van der Waals surface area contributed by atoms with Gasteiger partial charge in [0.2, 0.25) is 0 Å². The third-order valence-electron chi connectivity index (χ3n) is 4.32. The van der Waals surface area contributed by atoms with Gasteiger partial charge in [-0.1, -0.05) is 19.1 Å². The van der Waals surface area contributed by atoms with E-state index in [4.69, 9.17) is 4.42 Å². The number of hydrogen-bond donors (Lipinski definition) is 1. The first kappa shape index (κ1) is 13.4. The number of aromatic nitrogens is 1. The van der Waals surface area contributed by atoms with E-state index in [1.54, 1.807) is 0 Å². The van der Waals surface area contributed by atoms with E-state index in [9.17, 15) is 0 Å². The third kappa shape index (κ3) is 2.66. The van der Waals surface area contributed by atoms with Crippen molar-refractivity contribution in [3.63, 3.8) is 0 Å². The van der Waals surface area contributed by atoms with Gasteiger partial charge in [0, 0.05) is 19.1 Å². The van der Waals surface area contributed by atoms with Gasteiger partial charge in [-0.3, -0.25) is 0 Å². The molecule has 0 unspecified atom stereocenters. The summed E-state index contributed by atoms with van der Waals surface area (Å²) in [5.41, 5.74) is 1.81. The lowest BCUT2D eigenvalue weighted by atomic mass is 9.90.